The number of hydrogen-bond acceptors (Lipinski definition) is 5. The van der Waals surface area contributed by atoms with Crippen molar-refractivity contribution >= 4 is 23.3 Å². The summed E-state index contributed by atoms with van der Waals surface area (Å²) in [6.07, 6.45) is 6.77. The first kappa shape index (κ1) is 17.8. The minimum atomic E-state index is -0.126. The summed E-state index contributed by atoms with van der Waals surface area (Å²) in [5.41, 5.74) is 1.19. The van der Waals surface area contributed by atoms with E-state index in [4.69, 9.17) is 0 Å². The zero-order chi connectivity index (χ0) is 18.5. The van der Waals surface area contributed by atoms with Crippen LogP contribution in [-0.2, 0) is 4.79 Å². The van der Waals surface area contributed by atoms with Crippen LogP contribution in [0.15, 0.2) is 42.9 Å². The average Bonchev–Trinajstić information content (AvgIpc) is 2.68. The van der Waals surface area contributed by atoms with Gasteiger partial charge in [0.1, 0.15) is 5.82 Å². The fourth-order valence-corrected chi connectivity index (χ4v) is 3.09. The van der Waals surface area contributed by atoms with Gasteiger partial charge < -0.3 is 15.1 Å². The van der Waals surface area contributed by atoms with Gasteiger partial charge in [0.2, 0.25) is 5.91 Å². The number of aromatic nitrogens is 2. The van der Waals surface area contributed by atoms with Crippen LogP contribution in [0.4, 0.5) is 11.5 Å². The van der Waals surface area contributed by atoms with Gasteiger partial charge in [-0.1, -0.05) is 6.07 Å². The maximum Gasteiger partial charge on any atom is 0.253 e. The maximum absolute atomic E-state index is 12.7. The maximum atomic E-state index is 12.7. The van der Waals surface area contributed by atoms with E-state index in [2.05, 4.69) is 20.2 Å². The van der Waals surface area contributed by atoms with Gasteiger partial charge in [0.05, 0.1) is 12.1 Å². The number of rotatable bonds is 4. The molecule has 0 aliphatic carbocycles. The van der Waals surface area contributed by atoms with E-state index >= 15 is 0 Å². The molecule has 0 spiro atoms. The molecule has 0 bridgehead atoms. The molecule has 0 radical (unpaired) electrons. The van der Waals surface area contributed by atoms with E-state index < -0.39 is 0 Å². The Morgan fingerprint density at radius 1 is 1.27 bits per heavy atom. The molecular formula is C19H23N5O2. The van der Waals surface area contributed by atoms with Crippen molar-refractivity contribution in [2.24, 2.45) is 5.92 Å². The highest BCUT2D eigenvalue weighted by molar-refractivity contribution is 5.97. The lowest BCUT2D eigenvalue weighted by atomic mass is 9.97. The Kier molecular flexibility index (Phi) is 5.46. The smallest absolute Gasteiger partial charge is 0.253 e. The Morgan fingerprint density at radius 2 is 2.12 bits per heavy atom. The third kappa shape index (κ3) is 4.17. The van der Waals surface area contributed by atoms with Gasteiger partial charge in [-0.25, -0.2) is 4.98 Å². The molecule has 2 amide bonds. The fourth-order valence-electron chi connectivity index (χ4n) is 3.09. The first-order valence-corrected chi connectivity index (χ1v) is 8.68. The standard InChI is InChI=1S/C19H23N5O2/c1-23(2)19(26)14-5-3-7-16(11-14)22-18(25)15-6-4-10-24(13-15)17-12-20-8-9-21-17/h3,5,7-9,11-12,15H,4,6,10,13H2,1-2H3,(H,22,25). The second kappa shape index (κ2) is 7.95. The molecule has 1 saturated heterocycles. The molecule has 0 saturated carbocycles. The highest BCUT2D eigenvalue weighted by Crippen LogP contribution is 2.22. The minimum absolute atomic E-state index is 0.0342. The number of nitrogens with zero attached hydrogens (tertiary/aromatic N) is 4. The normalized spacial score (nSPS) is 16.8. The van der Waals surface area contributed by atoms with Gasteiger partial charge in [-0.2, -0.15) is 0 Å². The fraction of sp³-hybridized carbons (Fsp3) is 0.368. The molecule has 1 aliphatic heterocycles. The summed E-state index contributed by atoms with van der Waals surface area (Å²) >= 11 is 0. The molecule has 7 nitrogen and oxygen atoms in total. The van der Waals surface area contributed by atoms with E-state index in [0.717, 1.165) is 25.2 Å². The van der Waals surface area contributed by atoms with Crippen molar-refractivity contribution in [1.82, 2.24) is 14.9 Å². The van der Waals surface area contributed by atoms with Crippen LogP contribution in [0.1, 0.15) is 23.2 Å². The predicted octanol–water partition coefficient (Wildman–Crippen LogP) is 2.03. The summed E-state index contributed by atoms with van der Waals surface area (Å²) in [6.45, 7) is 1.48. The van der Waals surface area contributed by atoms with E-state index in [1.807, 2.05) is 0 Å². The second-order valence-corrected chi connectivity index (χ2v) is 6.62. The van der Waals surface area contributed by atoms with Crippen molar-refractivity contribution in [3.63, 3.8) is 0 Å². The van der Waals surface area contributed by atoms with E-state index in [0.29, 0.717) is 17.8 Å². The molecule has 1 unspecified atom stereocenters. The number of carbonyl (C=O) groups is 2. The molecule has 3 rings (SSSR count). The number of amides is 2. The Balaban J connectivity index is 1.66. The number of carbonyl (C=O) groups excluding carboxylic acids is 2. The molecule has 7 heteroatoms. The highest BCUT2D eigenvalue weighted by Gasteiger charge is 2.26. The van der Waals surface area contributed by atoms with Crippen LogP contribution in [0.3, 0.4) is 0 Å². The zero-order valence-corrected chi connectivity index (χ0v) is 15.1. The van der Waals surface area contributed by atoms with Gasteiger partial charge in [-0.3, -0.25) is 14.6 Å². The first-order chi connectivity index (χ1) is 12.5. The molecule has 1 aliphatic rings. The van der Waals surface area contributed by atoms with Gasteiger partial charge >= 0.3 is 0 Å². The van der Waals surface area contributed by atoms with E-state index in [-0.39, 0.29) is 17.7 Å². The number of piperidine rings is 1. The molecule has 1 N–H and O–H groups in total. The molecule has 26 heavy (non-hydrogen) atoms. The lowest BCUT2D eigenvalue weighted by Gasteiger charge is -2.32. The lowest BCUT2D eigenvalue weighted by Crippen LogP contribution is -2.41. The van der Waals surface area contributed by atoms with Crippen LogP contribution in [0.25, 0.3) is 0 Å². The van der Waals surface area contributed by atoms with Crippen molar-refractivity contribution in [3.05, 3.63) is 48.4 Å². The van der Waals surface area contributed by atoms with Gasteiger partial charge in [0.25, 0.3) is 5.91 Å². The third-order valence-corrected chi connectivity index (χ3v) is 4.45. The molecule has 1 atom stereocenters. The predicted molar refractivity (Wildman–Crippen MR) is 100 cm³/mol. The molecule has 2 aromatic rings. The summed E-state index contributed by atoms with van der Waals surface area (Å²) in [7, 11) is 3.41. The van der Waals surface area contributed by atoms with Crippen molar-refractivity contribution in [2.75, 3.05) is 37.4 Å². The number of hydrogen-bond donors (Lipinski definition) is 1. The first-order valence-electron chi connectivity index (χ1n) is 8.68. The zero-order valence-electron chi connectivity index (χ0n) is 15.1. The molecule has 136 valence electrons. The Hall–Kier alpha value is -2.96. The summed E-state index contributed by atoms with van der Waals surface area (Å²) < 4.78 is 0. The number of nitrogens with one attached hydrogen (secondary N) is 1. The Labute approximate surface area is 153 Å². The van der Waals surface area contributed by atoms with Gasteiger partial charge in [0, 0.05) is 50.8 Å². The van der Waals surface area contributed by atoms with Crippen molar-refractivity contribution in [1.29, 1.82) is 0 Å². The average molecular weight is 353 g/mol. The Morgan fingerprint density at radius 3 is 2.85 bits per heavy atom. The largest absolute Gasteiger partial charge is 0.355 e. The highest BCUT2D eigenvalue weighted by atomic mass is 16.2. The van der Waals surface area contributed by atoms with E-state index in [9.17, 15) is 9.59 Å². The summed E-state index contributed by atoms with van der Waals surface area (Å²) in [4.78, 5) is 36.8. The number of benzene rings is 1. The van der Waals surface area contributed by atoms with Crippen LogP contribution in [0.5, 0.6) is 0 Å². The van der Waals surface area contributed by atoms with E-state index in [1.165, 1.54) is 4.90 Å². The van der Waals surface area contributed by atoms with Gasteiger partial charge in [0.15, 0.2) is 0 Å². The van der Waals surface area contributed by atoms with Crippen LogP contribution >= 0.6 is 0 Å². The van der Waals surface area contributed by atoms with Crippen molar-refractivity contribution in [2.45, 2.75) is 12.8 Å². The summed E-state index contributed by atoms with van der Waals surface area (Å²) in [5, 5.41) is 2.95. The Bertz CT molecular complexity index is 779. The van der Waals surface area contributed by atoms with E-state index in [1.54, 1.807) is 57.0 Å². The monoisotopic (exact) mass is 353 g/mol. The third-order valence-electron chi connectivity index (χ3n) is 4.45. The molecule has 1 aromatic heterocycles. The lowest BCUT2D eigenvalue weighted by molar-refractivity contribution is -0.120. The second-order valence-electron chi connectivity index (χ2n) is 6.62. The summed E-state index contributed by atoms with van der Waals surface area (Å²) in [5.74, 6) is 0.545. The molecule has 1 aromatic carbocycles. The molecule has 2 heterocycles. The number of anilines is 2. The van der Waals surface area contributed by atoms with Crippen LogP contribution < -0.4 is 10.2 Å². The topological polar surface area (TPSA) is 78.4 Å². The van der Waals surface area contributed by atoms with Crippen LogP contribution in [0.2, 0.25) is 0 Å². The van der Waals surface area contributed by atoms with Gasteiger partial charge in [-0.05, 0) is 31.0 Å². The molecular weight excluding hydrogens is 330 g/mol. The molecule has 1 fully saturated rings. The SMILES string of the molecule is CN(C)C(=O)c1cccc(NC(=O)C2CCCN(c3cnccn3)C2)c1. The quantitative estimate of drug-likeness (QED) is 0.910. The van der Waals surface area contributed by atoms with Crippen molar-refractivity contribution in [3.8, 4) is 0 Å². The summed E-state index contributed by atoms with van der Waals surface area (Å²) in [6, 6.07) is 7.03. The van der Waals surface area contributed by atoms with Crippen molar-refractivity contribution < 1.29 is 9.59 Å². The van der Waals surface area contributed by atoms with Crippen LogP contribution in [-0.4, -0.2) is 53.9 Å². The van der Waals surface area contributed by atoms with Crippen LogP contribution in [0, 0.1) is 5.92 Å². The van der Waals surface area contributed by atoms with Gasteiger partial charge in [-0.15, -0.1) is 0 Å². The minimum Gasteiger partial charge on any atom is -0.355 e.